The zero-order valence-electron chi connectivity index (χ0n) is 7.93. The molecule has 0 saturated carbocycles. The van der Waals surface area contributed by atoms with Crippen molar-refractivity contribution in [1.82, 2.24) is 5.32 Å². The zero-order valence-corrected chi connectivity index (χ0v) is 7.93. The van der Waals surface area contributed by atoms with E-state index >= 15 is 0 Å². The Labute approximate surface area is 85.4 Å². The molecule has 3 N–H and O–H groups in total. The van der Waals surface area contributed by atoms with E-state index in [2.05, 4.69) is 5.32 Å². The maximum Gasteiger partial charge on any atom is 0.209 e. The van der Waals surface area contributed by atoms with Gasteiger partial charge in [-0.25, -0.2) is 4.39 Å². The topological polar surface area (TPSA) is 52.5 Å². The standard InChI is InChI=1S/C10H11F2NO2/c11-6-4-5(7-2-1-3-13-7)9(14)8(12)10(6)15/h4,7,13-15H,1-3H2. The van der Waals surface area contributed by atoms with Crippen molar-refractivity contribution in [3.05, 3.63) is 23.3 Å². The van der Waals surface area contributed by atoms with Crippen LogP contribution in [0.15, 0.2) is 6.07 Å². The van der Waals surface area contributed by atoms with E-state index in [1.165, 1.54) is 0 Å². The summed E-state index contributed by atoms with van der Waals surface area (Å²) in [5.74, 6) is -4.14. The minimum Gasteiger partial charge on any atom is -0.504 e. The minimum atomic E-state index is -1.29. The predicted octanol–water partition coefficient (Wildman–Crippen LogP) is 1.80. The summed E-state index contributed by atoms with van der Waals surface area (Å²) in [6.07, 6.45) is 1.62. The molecule has 82 valence electrons. The Morgan fingerprint density at radius 1 is 1.27 bits per heavy atom. The molecule has 0 aromatic heterocycles. The molecule has 0 radical (unpaired) electrons. The molecule has 1 atom stereocenters. The molecule has 5 heteroatoms. The van der Waals surface area contributed by atoms with Gasteiger partial charge < -0.3 is 15.5 Å². The number of phenolic OH excluding ortho intramolecular Hbond substituents is 2. The number of rotatable bonds is 1. The van der Waals surface area contributed by atoms with Crippen LogP contribution in [0.1, 0.15) is 24.4 Å². The fourth-order valence-electron chi connectivity index (χ4n) is 1.83. The lowest BCUT2D eigenvalue weighted by Gasteiger charge is -2.13. The zero-order chi connectivity index (χ0) is 11.0. The first kappa shape index (κ1) is 10.2. The normalized spacial score (nSPS) is 20.8. The first-order valence-electron chi connectivity index (χ1n) is 4.74. The highest BCUT2D eigenvalue weighted by atomic mass is 19.1. The van der Waals surface area contributed by atoms with Crippen LogP contribution in [-0.4, -0.2) is 16.8 Å². The second-order valence-electron chi connectivity index (χ2n) is 3.61. The Hall–Kier alpha value is -1.36. The molecular formula is C10H11F2NO2. The van der Waals surface area contributed by atoms with Crippen LogP contribution in [0.4, 0.5) is 8.78 Å². The number of phenols is 2. The molecule has 1 fully saturated rings. The Morgan fingerprint density at radius 2 is 2.00 bits per heavy atom. The summed E-state index contributed by atoms with van der Waals surface area (Å²) in [5, 5.41) is 21.4. The Morgan fingerprint density at radius 3 is 2.60 bits per heavy atom. The Bertz CT molecular complexity index is 389. The van der Waals surface area contributed by atoms with Gasteiger partial charge in [0.2, 0.25) is 5.82 Å². The van der Waals surface area contributed by atoms with Gasteiger partial charge in [0.25, 0.3) is 0 Å². The van der Waals surface area contributed by atoms with Gasteiger partial charge in [-0.3, -0.25) is 0 Å². The highest BCUT2D eigenvalue weighted by Crippen LogP contribution is 2.37. The van der Waals surface area contributed by atoms with E-state index in [9.17, 15) is 13.9 Å². The van der Waals surface area contributed by atoms with E-state index < -0.39 is 23.1 Å². The molecule has 1 unspecified atom stereocenters. The molecule has 0 amide bonds. The van der Waals surface area contributed by atoms with Gasteiger partial charge in [-0.1, -0.05) is 0 Å². The van der Waals surface area contributed by atoms with Gasteiger partial charge in [-0.2, -0.15) is 4.39 Å². The van der Waals surface area contributed by atoms with Crippen LogP contribution in [0.25, 0.3) is 0 Å². The number of benzene rings is 1. The molecule has 2 rings (SSSR count). The molecule has 3 nitrogen and oxygen atoms in total. The smallest absolute Gasteiger partial charge is 0.209 e. The van der Waals surface area contributed by atoms with Crippen LogP contribution in [-0.2, 0) is 0 Å². The lowest BCUT2D eigenvalue weighted by molar-refractivity contribution is 0.359. The fraction of sp³-hybridized carbons (Fsp3) is 0.400. The van der Waals surface area contributed by atoms with E-state index in [0.29, 0.717) is 0 Å². The van der Waals surface area contributed by atoms with E-state index in [4.69, 9.17) is 5.11 Å². The highest BCUT2D eigenvalue weighted by Gasteiger charge is 2.25. The summed E-state index contributed by atoms with van der Waals surface area (Å²) in [5.41, 5.74) is 0.167. The van der Waals surface area contributed by atoms with E-state index in [0.717, 1.165) is 25.5 Å². The van der Waals surface area contributed by atoms with Crippen molar-refractivity contribution < 1.29 is 19.0 Å². The van der Waals surface area contributed by atoms with E-state index in [1.807, 2.05) is 0 Å². The second kappa shape index (κ2) is 3.66. The van der Waals surface area contributed by atoms with Crippen LogP contribution in [0.3, 0.4) is 0 Å². The monoisotopic (exact) mass is 215 g/mol. The molecule has 0 bridgehead atoms. The van der Waals surface area contributed by atoms with Crippen molar-refractivity contribution in [3.8, 4) is 11.5 Å². The summed E-state index contributed by atoms with van der Waals surface area (Å²) >= 11 is 0. The number of halogens is 2. The largest absolute Gasteiger partial charge is 0.504 e. The van der Waals surface area contributed by atoms with Crippen LogP contribution < -0.4 is 5.32 Å². The van der Waals surface area contributed by atoms with Crippen LogP contribution >= 0.6 is 0 Å². The average Bonchev–Trinajstić information content (AvgIpc) is 2.73. The van der Waals surface area contributed by atoms with E-state index in [1.54, 1.807) is 0 Å². The molecule has 15 heavy (non-hydrogen) atoms. The molecule has 0 aliphatic carbocycles. The molecule has 1 aromatic rings. The third-order valence-corrected chi connectivity index (χ3v) is 2.63. The summed E-state index contributed by atoms with van der Waals surface area (Å²) in [6.45, 7) is 0.758. The van der Waals surface area contributed by atoms with Crippen molar-refractivity contribution in [2.75, 3.05) is 6.54 Å². The number of hydrogen-bond donors (Lipinski definition) is 3. The summed E-state index contributed by atoms with van der Waals surface area (Å²) in [7, 11) is 0. The Kier molecular flexibility index (Phi) is 2.48. The highest BCUT2D eigenvalue weighted by molar-refractivity contribution is 5.44. The minimum absolute atomic E-state index is 0.167. The number of aromatic hydroxyl groups is 2. The van der Waals surface area contributed by atoms with Gasteiger partial charge in [0.15, 0.2) is 17.3 Å². The summed E-state index contributed by atoms with van der Waals surface area (Å²) < 4.78 is 26.2. The first-order valence-corrected chi connectivity index (χ1v) is 4.74. The molecule has 1 aromatic carbocycles. The van der Waals surface area contributed by atoms with Crippen molar-refractivity contribution in [2.45, 2.75) is 18.9 Å². The molecule has 1 aliphatic rings. The van der Waals surface area contributed by atoms with Crippen LogP contribution in [0.5, 0.6) is 11.5 Å². The molecular weight excluding hydrogens is 204 g/mol. The summed E-state index contributed by atoms with van der Waals surface area (Å²) in [4.78, 5) is 0. The van der Waals surface area contributed by atoms with E-state index in [-0.39, 0.29) is 11.6 Å². The van der Waals surface area contributed by atoms with Gasteiger partial charge in [0.1, 0.15) is 0 Å². The van der Waals surface area contributed by atoms with Crippen molar-refractivity contribution in [3.63, 3.8) is 0 Å². The third kappa shape index (κ3) is 1.63. The van der Waals surface area contributed by atoms with Crippen molar-refractivity contribution in [2.24, 2.45) is 0 Å². The summed E-state index contributed by atoms with van der Waals surface area (Å²) in [6, 6.07) is 0.728. The van der Waals surface area contributed by atoms with Crippen LogP contribution in [0.2, 0.25) is 0 Å². The van der Waals surface area contributed by atoms with Gasteiger partial charge in [0.05, 0.1) is 0 Å². The number of nitrogens with one attached hydrogen (secondary N) is 1. The van der Waals surface area contributed by atoms with Gasteiger partial charge in [-0.15, -0.1) is 0 Å². The first-order chi connectivity index (χ1) is 7.11. The average molecular weight is 215 g/mol. The third-order valence-electron chi connectivity index (χ3n) is 2.63. The SMILES string of the molecule is Oc1c(F)cc(C2CCCN2)c(O)c1F. The predicted molar refractivity (Wildman–Crippen MR) is 49.7 cm³/mol. The molecule has 0 spiro atoms. The van der Waals surface area contributed by atoms with Gasteiger partial charge in [-0.05, 0) is 25.5 Å². The lowest BCUT2D eigenvalue weighted by Crippen LogP contribution is -2.13. The maximum atomic E-state index is 13.1. The Balaban J connectivity index is 2.47. The molecule has 1 saturated heterocycles. The molecule has 1 aliphatic heterocycles. The second-order valence-corrected chi connectivity index (χ2v) is 3.61. The van der Waals surface area contributed by atoms with Crippen molar-refractivity contribution in [1.29, 1.82) is 0 Å². The maximum absolute atomic E-state index is 13.1. The number of hydrogen-bond acceptors (Lipinski definition) is 3. The van der Waals surface area contributed by atoms with Gasteiger partial charge in [0, 0.05) is 11.6 Å². The van der Waals surface area contributed by atoms with Crippen LogP contribution in [0, 0.1) is 11.6 Å². The fourth-order valence-corrected chi connectivity index (χ4v) is 1.83. The quantitative estimate of drug-likeness (QED) is 0.669. The van der Waals surface area contributed by atoms with Crippen molar-refractivity contribution >= 4 is 0 Å². The van der Waals surface area contributed by atoms with Gasteiger partial charge >= 0.3 is 0 Å². The molecule has 1 heterocycles. The lowest BCUT2D eigenvalue weighted by atomic mass is 10.0.